The van der Waals surface area contributed by atoms with Gasteiger partial charge in [-0.1, -0.05) is 6.92 Å². The van der Waals surface area contributed by atoms with Crippen molar-refractivity contribution in [1.29, 1.82) is 0 Å². The third kappa shape index (κ3) is 4.10. The maximum Gasteiger partial charge on any atom is 0.310 e. The zero-order valence-corrected chi connectivity index (χ0v) is 14.3. The number of hydrogen-bond acceptors (Lipinski definition) is 5. The van der Waals surface area contributed by atoms with Gasteiger partial charge < -0.3 is 14.6 Å². The molecule has 0 aliphatic carbocycles. The number of rotatable bonds is 6. The second-order valence-corrected chi connectivity index (χ2v) is 6.24. The Kier molecular flexibility index (Phi) is 5.76. The average molecular weight is 322 g/mol. The fourth-order valence-corrected chi connectivity index (χ4v) is 3.05. The Labute approximate surface area is 137 Å². The molecule has 0 aromatic carbocycles. The summed E-state index contributed by atoms with van der Waals surface area (Å²) in [4.78, 5) is 30.3. The number of methoxy groups -OCH3 is 1. The molecule has 1 aromatic rings. The second kappa shape index (κ2) is 7.59. The van der Waals surface area contributed by atoms with Gasteiger partial charge in [0.15, 0.2) is 0 Å². The normalized spacial score (nSPS) is 22.8. The van der Waals surface area contributed by atoms with Crippen molar-refractivity contribution in [1.82, 2.24) is 19.8 Å². The monoisotopic (exact) mass is 322 g/mol. The molecular formula is C16H26N4O3. The summed E-state index contributed by atoms with van der Waals surface area (Å²) < 4.78 is 6.86. The first-order chi connectivity index (χ1) is 11.0. The highest BCUT2D eigenvalue weighted by atomic mass is 16.5. The molecule has 2 rings (SSSR count). The van der Waals surface area contributed by atoms with Gasteiger partial charge in [-0.2, -0.15) is 0 Å². The van der Waals surface area contributed by atoms with Gasteiger partial charge in [0.1, 0.15) is 0 Å². The van der Waals surface area contributed by atoms with Crippen molar-refractivity contribution in [2.75, 3.05) is 26.7 Å². The standard InChI is InChI=1S/C16H26N4O3/c1-5-11(2)18-15(21)9-20-7-12(13(8-20)16(22)23-4)14-6-17-10-19(14)3/h6,10-13H,5,7-9H2,1-4H3,(H,18,21)/t11?,12-,13-/m0/s1. The SMILES string of the molecule is CCC(C)NC(=O)CN1C[C@H](C(=O)OC)[C@@H](c2cncn2C)C1. The predicted octanol–water partition coefficient (Wildman–Crippen LogP) is 0.523. The highest BCUT2D eigenvalue weighted by Gasteiger charge is 2.40. The Morgan fingerprint density at radius 3 is 2.78 bits per heavy atom. The summed E-state index contributed by atoms with van der Waals surface area (Å²) in [7, 11) is 3.32. The van der Waals surface area contributed by atoms with E-state index in [1.54, 1.807) is 12.5 Å². The Morgan fingerprint density at radius 2 is 2.22 bits per heavy atom. The number of ether oxygens (including phenoxy) is 1. The Morgan fingerprint density at radius 1 is 1.48 bits per heavy atom. The van der Waals surface area contributed by atoms with Crippen LogP contribution in [0, 0.1) is 5.92 Å². The number of nitrogens with zero attached hydrogens (tertiary/aromatic N) is 3. The third-order valence-corrected chi connectivity index (χ3v) is 4.52. The van der Waals surface area contributed by atoms with Gasteiger partial charge in [-0.3, -0.25) is 14.5 Å². The number of amides is 1. The zero-order chi connectivity index (χ0) is 17.0. The lowest BCUT2D eigenvalue weighted by Gasteiger charge is -2.17. The van der Waals surface area contributed by atoms with Gasteiger partial charge in [0, 0.05) is 44.0 Å². The van der Waals surface area contributed by atoms with Crippen LogP contribution in [0.2, 0.25) is 0 Å². The number of nitrogens with one attached hydrogen (secondary N) is 1. The van der Waals surface area contributed by atoms with E-state index in [4.69, 9.17) is 4.74 Å². The Bertz CT molecular complexity index is 557. The molecule has 7 nitrogen and oxygen atoms in total. The molecule has 1 saturated heterocycles. The lowest BCUT2D eigenvalue weighted by Crippen LogP contribution is -2.40. The summed E-state index contributed by atoms with van der Waals surface area (Å²) in [6.45, 7) is 5.49. The summed E-state index contributed by atoms with van der Waals surface area (Å²) in [5.41, 5.74) is 0.991. The van der Waals surface area contributed by atoms with E-state index in [1.807, 2.05) is 30.4 Å². The molecule has 128 valence electrons. The van der Waals surface area contributed by atoms with Crippen LogP contribution in [0.4, 0.5) is 0 Å². The first kappa shape index (κ1) is 17.5. The summed E-state index contributed by atoms with van der Waals surface area (Å²) in [5, 5.41) is 2.96. The van der Waals surface area contributed by atoms with Crippen LogP contribution >= 0.6 is 0 Å². The number of imidazole rings is 1. The molecule has 1 aliphatic rings. The van der Waals surface area contributed by atoms with E-state index in [2.05, 4.69) is 10.3 Å². The number of aromatic nitrogens is 2. The molecule has 23 heavy (non-hydrogen) atoms. The maximum atomic E-state index is 12.1. The summed E-state index contributed by atoms with van der Waals surface area (Å²) >= 11 is 0. The summed E-state index contributed by atoms with van der Waals surface area (Å²) in [6, 6.07) is 0.161. The molecule has 3 atom stereocenters. The van der Waals surface area contributed by atoms with Gasteiger partial charge in [0.05, 0.1) is 25.9 Å². The molecule has 2 heterocycles. The summed E-state index contributed by atoms with van der Waals surface area (Å²) in [6.07, 6.45) is 4.40. The van der Waals surface area contributed by atoms with E-state index in [0.717, 1.165) is 12.1 Å². The van der Waals surface area contributed by atoms with Crippen LogP contribution < -0.4 is 5.32 Å². The zero-order valence-electron chi connectivity index (χ0n) is 14.3. The highest BCUT2D eigenvalue weighted by molar-refractivity contribution is 5.79. The largest absolute Gasteiger partial charge is 0.469 e. The van der Waals surface area contributed by atoms with Crippen LogP contribution in [0.25, 0.3) is 0 Å². The number of aryl methyl sites for hydroxylation is 1. The van der Waals surface area contributed by atoms with Crippen molar-refractivity contribution >= 4 is 11.9 Å². The minimum atomic E-state index is -0.271. The van der Waals surface area contributed by atoms with Crippen molar-refractivity contribution in [2.45, 2.75) is 32.2 Å². The Balaban J connectivity index is 2.06. The molecule has 1 aliphatic heterocycles. The number of hydrogen-bond donors (Lipinski definition) is 1. The molecule has 7 heteroatoms. The van der Waals surface area contributed by atoms with Crippen molar-refractivity contribution in [3.05, 3.63) is 18.2 Å². The molecule has 1 amide bonds. The number of esters is 1. The van der Waals surface area contributed by atoms with Crippen molar-refractivity contribution in [2.24, 2.45) is 13.0 Å². The predicted molar refractivity (Wildman–Crippen MR) is 85.8 cm³/mol. The molecule has 1 aromatic heterocycles. The van der Waals surface area contributed by atoms with Gasteiger partial charge in [-0.15, -0.1) is 0 Å². The topological polar surface area (TPSA) is 76.5 Å². The van der Waals surface area contributed by atoms with Crippen LogP contribution in [0.3, 0.4) is 0 Å². The van der Waals surface area contributed by atoms with Crippen molar-refractivity contribution in [3.8, 4) is 0 Å². The van der Waals surface area contributed by atoms with Crippen molar-refractivity contribution < 1.29 is 14.3 Å². The van der Waals surface area contributed by atoms with E-state index in [1.165, 1.54) is 7.11 Å². The van der Waals surface area contributed by atoms with Crippen LogP contribution in [-0.2, 0) is 21.4 Å². The van der Waals surface area contributed by atoms with E-state index >= 15 is 0 Å². The van der Waals surface area contributed by atoms with Gasteiger partial charge in [-0.25, -0.2) is 4.98 Å². The molecule has 1 N–H and O–H groups in total. The molecule has 1 unspecified atom stereocenters. The number of likely N-dealkylation sites (tertiary alicyclic amines) is 1. The summed E-state index contributed by atoms with van der Waals surface area (Å²) in [5.74, 6) is -0.521. The third-order valence-electron chi connectivity index (χ3n) is 4.52. The minimum absolute atomic E-state index is 0.00591. The van der Waals surface area contributed by atoms with Crippen LogP contribution in [0.5, 0.6) is 0 Å². The van der Waals surface area contributed by atoms with Gasteiger partial charge in [0.2, 0.25) is 5.91 Å². The number of carbonyl (C=O) groups is 2. The van der Waals surface area contributed by atoms with E-state index < -0.39 is 0 Å². The molecule has 0 saturated carbocycles. The molecule has 1 fully saturated rings. The average Bonchev–Trinajstić information content (AvgIpc) is 3.12. The van der Waals surface area contributed by atoms with Crippen molar-refractivity contribution in [3.63, 3.8) is 0 Å². The van der Waals surface area contributed by atoms with E-state index in [9.17, 15) is 9.59 Å². The maximum absolute atomic E-state index is 12.1. The molecule has 0 spiro atoms. The highest BCUT2D eigenvalue weighted by Crippen LogP contribution is 2.32. The van der Waals surface area contributed by atoms with Gasteiger partial charge in [-0.05, 0) is 13.3 Å². The fourth-order valence-electron chi connectivity index (χ4n) is 3.05. The van der Waals surface area contributed by atoms with Gasteiger partial charge in [0.25, 0.3) is 0 Å². The van der Waals surface area contributed by atoms with E-state index in [-0.39, 0.29) is 29.8 Å². The quantitative estimate of drug-likeness (QED) is 0.773. The van der Waals surface area contributed by atoms with Crippen LogP contribution in [0.1, 0.15) is 31.9 Å². The first-order valence-corrected chi connectivity index (χ1v) is 8.02. The Hall–Kier alpha value is -1.89. The lowest BCUT2D eigenvalue weighted by atomic mass is 9.93. The molecular weight excluding hydrogens is 296 g/mol. The first-order valence-electron chi connectivity index (χ1n) is 8.02. The number of carbonyl (C=O) groups excluding carboxylic acids is 2. The molecule has 0 bridgehead atoms. The fraction of sp³-hybridized carbons (Fsp3) is 0.688. The lowest BCUT2D eigenvalue weighted by molar-refractivity contribution is -0.145. The van der Waals surface area contributed by atoms with Crippen LogP contribution in [0.15, 0.2) is 12.5 Å². The van der Waals surface area contributed by atoms with Crippen LogP contribution in [-0.4, -0.2) is 59.1 Å². The second-order valence-electron chi connectivity index (χ2n) is 6.24. The van der Waals surface area contributed by atoms with Gasteiger partial charge >= 0.3 is 5.97 Å². The van der Waals surface area contributed by atoms with E-state index in [0.29, 0.717) is 19.6 Å². The minimum Gasteiger partial charge on any atom is -0.469 e. The smallest absolute Gasteiger partial charge is 0.310 e. The molecule has 0 radical (unpaired) electrons.